The van der Waals surface area contributed by atoms with Crippen LogP contribution < -0.4 is 0 Å². The van der Waals surface area contributed by atoms with E-state index in [0.717, 1.165) is 51.6 Å². The molecule has 1 heterocycles. The van der Waals surface area contributed by atoms with Gasteiger partial charge in [0.1, 0.15) is 12.3 Å². The van der Waals surface area contributed by atoms with Gasteiger partial charge in [0.2, 0.25) is 0 Å². The number of hydrogen-bond donors (Lipinski definition) is 0. The fourth-order valence-electron chi connectivity index (χ4n) is 4.74. The molecule has 0 saturated carbocycles. The average molecular weight is 436 g/mol. The monoisotopic (exact) mass is 435 g/mol. The van der Waals surface area contributed by atoms with E-state index >= 15 is 0 Å². The normalized spacial score (nSPS) is 27.6. The molecule has 0 aromatic rings. The van der Waals surface area contributed by atoms with Crippen LogP contribution in [0.25, 0.3) is 0 Å². The first-order valence-electron chi connectivity index (χ1n) is 12.3. The Morgan fingerprint density at radius 1 is 1.39 bits per heavy atom. The van der Waals surface area contributed by atoms with Crippen molar-refractivity contribution in [2.75, 3.05) is 26.4 Å². The van der Waals surface area contributed by atoms with E-state index < -0.39 is 0 Å². The van der Waals surface area contributed by atoms with Gasteiger partial charge < -0.3 is 14.2 Å². The molecule has 1 fully saturated rings. The standard InChI is InChI=1S/C26H45NO4/c1-7-9-16-29-19-23-18-27(21(5)24(28)30-8-2)25(31-23)26(6)15-11-14-22(17-26)13-10-12-20(3)4/h12,14,21,23,25H,7-11,13,15-19H2,1-6H3. The Morgan fingerprint density at radius 3 is 2.84 bits per heavy atom. The number of carbonyl (C=O) groups excluding carboxylic acids is 1. The molecule has 2 aliphatic rings. The first kappa shape index (κ1) is 26.1. The van der Waals surface area contributed by atoms with Crippen LogP contribution in [-0.4, -0.2) is 55.6 Å². The van der Waals surface area contributed by atoms with Crippen LogP contribution >= 0.6 is 0 Å². The lowest BCUT2D eigenvalue weighted by atomic mass is 9.72. The number of rotatable bonds is 12. The topological polar surface area (TPSA) is 48.0 Å². The molecule has 0 spiro atoms. The summed E-state index contributed by atoms with van der Waals surface area (Å²) < 4.78 is 17.8. The van der Waals surface area contributed by atoms with Crippen LogP contribution in [0.4, 0.5) is 0 Å². The van der Waals surface area contributed by atoms with Crippen LogP contribution in [0.2, 0.25) is 0 Å². The van der Waals surface area contributed by atoms with Crippen molar-refractivity contribution in [3.05, 3.63) is 23.3 Å². The summed E-state index contributed by atoms with van der Waals surface area (Å²) in [6.07, 6.45) is 12.2. The third kappa shape index (κ3) is 7.73. The van der Waals surface area contributed by atoms with E-state index in [4.69, 9.17) is 14.2 Å². The molecule has 31 heavy (non-hydrogen) atoms. The highest BCUT2D eigenvalue weighted by molar-refractivity contribution is 5.75. The Balaban J connectivity index is 2.11. The Hall–Kier alpha value is -1.17. The molecule has 2 rings (SSSR count). The van der Waals surface area contributed by atoms with Crippen molar-refractivity contribution in [2.24, 2.45) is 5.41 Å². The molecule has 0 radical (unpaired) electrons. The molecule has 0 N–H and O–H groups in total. The maximum Gasteiger partial charge on any atom is 0.323 e. The van der Waals surface area contributed by atoms with Crippen LogP contribution in [0, 0.1) is 5.41 Å². The van der Waals surface area contributed by atoms with Crippen molar-refractivity contribution >= 4 is 5.97 Å². The summed E-state index contributed by atoms with van der Waals surface area (Å²) in [4.78, 5) is 14.8. The molecular weight excluding hydrogens is 390 g/mol. The molecule has 5 heteroatoms. The third-order valence-corrected chi connectivity index (χ3v) is 6.50. The van der Waals surface area contributed by atoms with Gasteiger partial charge >= 0.3 is 5.97 Å². The second kappa shape index (κ2) is 12.8. The van der Waals surface area contributed by atoms with Crippen molar-refractivity contribution in [3.63, 3.8) is 0 Å². The Kier molecular flexibility index (Phi) is 10.7. The van der Waals surface area contributed by atoms with Gasteiger partial charge in [-0.2, -0.15) is 0 Å². The molecule has 1 aliphatic carbocycles. The van der Waals surface area contributed by atoms with E-state index in [0.29, 0.717) is 19.8 Å². The van der Waals surface area contributed by atoms with Gasteiger partial charge in [0, 0.05) is 18.6 Å². The van der Waals surface area contributed by atoms with E-state index in [2.05, 4.69) is 44.7 Å². The Morgan fingerprint density at radius 2 is 2.16 bits per heavy atom. The number of hydrogen-bond acceptors (Lipinski definition) is 5. The Labute approximate surface area is 190 Å². The van der Waals surface area contributed by atoms with Crippen LogP contribution in [0.15, 0.2) is 23.3 Å². The molecular formula is C26H45NO4. The van der Waals surface area contributed by atoms with Gasteiger partial charge in [-0.15, -0.1) is 0 Å². The SMILES string of the molecule is CCCCOCC1CN(C(C)C(=O)OCC)C(C2(C)CCC=C(CCC=C(C)C)C2)O1. The summed E-state index contributed by atoms with van der Waals surface area (Å²) in [5.74, 6) is -0.164. The van der Waals surface area contributed by atoms with Crippen molar-refractivity contribution in [1.29, 1.82) is 0 Å². The van der Waals surface area contributed by atoms with Crippen molar-refractivity contribution in [3.8, 4) is 0 Å². The first-order chi connectivity index (χ1) is 14.8. The van der Waals surface area contributed by atoms with Crippen molar-refractivity contribution < 1.29 is 19.0 Å². The van der Waals surface area contributed by atoms with Crippen LogP contribution in [0.3, 0.4) is 0 Å². The molecule has 1 saturated heterocycles. The van der Waals surface area contributed by atoms with Gasteiger partial charge in [0.25, 0.3) is 0 Å². The minimum atomic E-state index is -0.317. The zero-order valence-corrected chi connectivity index (χ0v) is 20.7. The zero-order chi connectivity index (χ0) is 22.9. The van der Waals surface area contributed by atoms with Crippen LogP contribution in [0.1, 0.15) is 86.5 Å². The number of allylic oxidation sites excluding steroid dienone is 4. The average Bonchev–Trinajstić information content (AvgIpc) is 3.16. The zero-order valence-electron chi connectivity index (χ0n) is 20.7. The molecule has 0 bridgehead atoms. The van der Waals surface area contributed by atoms with E-state index in [1.165, 1.54) is 11.1 Å². The predicted molar refractivity (Wildman–Crippen MR) is 126 cm³/mol. The maximum absolute atomic E-state index is 12.6. The highest BCUT2D eigenvalue weighted by atomic mass is 16.6. The molecule has 1 aliphatic heterocycles. The summed E-state index contributed by atoms with van der Waals surface area (Å²) in [6.45, 7) is 15.1. The first-order valence-corrected chi connectivity index (χ1v) is 12.3. The fourth-order valence-corrected chi connectivity index (χ4v) is 4.74. The summed E-state index contributed by atoms with van der Waals surface area (Å²) in [6, 6.07) is -0.317. The third-order valence-electron chi connectivity index (χ3n) is 6.50. The lowest BCUT2D eigenvalue weighted by Gasteiger charge is -2.43. The largest absolute Gasteiger partial charge is 0.465 e. The molecule has 5 nitrogen and oxygen atoms in total. The lowest BCUT2D eigenvalue weighted by molar-refractivity contribution is -0.156. The quantitative estimate of drug-likeness (QED) is 0.225. The molecule has 4 unspecified atom stereocenters. The second-order valence-corrected chi connectivity index (χ2v) is 9.72. The number of nitrogens with zero attached hydrogens (tertiary/aromatic N) is 1. The number of unbranched alkanes of at least 4 members (excludes halogenated alkanes) is 1. The van der Waals surface area contributed by atoms with Gasteiger partial charge in [-0.1, -0.05) is 43.6 Å². The van der Waals surface area contributed by atoms with Crippen molar-refractivity contribution in [2.45, 2.75) is 105 Å². The second-order valence-electron chi connectivity index (χ2n) is 9.72. The highest BCUT2D eigenvalue weighted by Gasteiger charge is 2.48. The predicted octanol–water partition coefficient (Wildman–Crippen LogP) is 5.64. The van der Waals surface area contributed by atoms with E-state index in [1.54, 1.807) is 0 Å². The molecule has 0 aromatic heterocycles. The summed E-state index contributed by atoms with van der Waals surface area (Å²) in [7, 11) is 0. The minimum Gasteiger partial charge on any atom is -0.465 e. The molecule has 178 valence electrons. The number of esters is 1. The summed E-state index contributed by atoms with van der Waals surface area (Å²) in [5, 5.41) is 0. The number of ether oxygens (including phenoxy) is 3. The summed E-state index contributed by atoms with van der Waals surface area (Å²) >= 11 is 0. The molecule has 0 aromatic carbocycles. The minimum absolute atomic E-state index is 0.00409. The van der Waals surface area contributed by atoms with Crippen LogP contribution in [0.5, 0.6) is 0 Å². The van der Waals surface area contributed by atoms with Gasteiger partial charge in [-0.3, -0.25) is 9.69 Å². The summed E-state index contributed by atoms with van der Waals surface area (Å²) in [5.41, 5.74) is 2.87. The maximum atomic E-state index is 12.6. The van der Waals surface area contributed by atoms with Crippen LogP contribution in [-0.2, 0) is 19.0 Å². The smallest absolute Gasteiger partial charge is 0.323 e. The van der Waals surface area contributed by atoms with E-state index in [-0.39, 0.29) is 29.8 Å². The van der Waals surface area contributed by atoms with E-state index in [9.17, 15) is 4.79 Å². The highest BCUT2D eigenvalue weighted by Crippen LogP contribution is 2.45. The number of carbonyl (C=O) groups is 1. The van der Waals surface area contributed by atoms with Gasteiger partial charge in [-0.05, 0) is 66.2 Å². The lowest BCUT2D eigenvalue weighted by Crippen LogP contribution is -2.51. The molecule has 0 amide bonds. The van der Waals surface area contributed by atoms with Gasteiger partial charge in [-0.25, -0.2) is 0 Å². The Bertz CT molecular complexity index is 625. The molecule has 4 atom stereocenters. The van der Waals surface area contributed by atoms with Gasteiger partial charge in [0.05, 0.1) is 19.3 Å². The van der Waals surface area contributed by atoms with Gasteiger partial charge in [0.15, 0.2) is 0 Å². The fraction of sp³-hybridized carbons (Fsp3) is 0.808. The van der Waals surface area contributed by atoms with Crippen molar-refractivity contribution in [1.82, 2.24) is 4.90 Å². The van der Waals surface area contributed by atoms with E-state index in [1.807, 2.05) is 13.8 Å².